The number of anilines is 1. The predicted molar refractivity (Wildman–Crippen MR) is 70.5 cm³/mol. The van der Waals surface area contributed by atoms with Gasteiger partial charge in [0.2, 0.25) is 5.89 Å². The second-order valence-corrected chi connectivity index (χ2v) is 4.98. The molecule has 0 aliphatic carbocycles. The van der Waals surface area contributed by atoms with Gasteiger partial charge in [-0.1, -0.05) is 35.8 Å². The Kier molecular flexibility index (Phi) is 3.76. The second-order valence-electron chi connectivity index (χ2n) is 4.06. The van der Waals surface area contributed by atoms with Crippen LogP contribution in [0.25, 0.3) is 0 Å². The summed E-state index contributed by atoms with van der Waals surface area (Å²) in [6.45, 7) is 3.84. The normalized spacial score (nSPS) is 10.7. The van der Waals surface area contributed by atoms with Crippen molar-refractivity contribution in [2.75, 3.05) is 5.32 Å². The molecule has 0 radical (unpaired) electrons. The van der Waals surface area contributed by atoms with E-state index < -0.39 is 5.91 Å². The van der Waals surface area contributed by atoms with Gasteiger partial charge in [0.1, 0.15) is 0 Å². The fourth-order valence-corrected chi connectivity index (χ4v) is 1.71. The van der Waals surface area contributed by atoms with Crippen LogP contribution >= 0.6 is 15.9 Å². The minimum Gasteiger partial charge on any atom is -0.417 e. The van der Waals surface area contributed by atoms with Crippen LogP contribution in [0.1, 0.15) is 36.3 Å². The van der Waals surface area contributed by atoms with E-state index in [-0.39, 0.29) is 11.8 Å². The number of hydrogen-bond acceptors (Lipinski definition) is 4. The maximum Gasteiger partial charge on any atom is 0.313 e. The van der Waals surface area contributed by atoms with Crippen LogP contribution < -0.4 is 5.32 Å². The minimum absolute atomic E-state index is 0.0290. The summed E-state index contributed by atoms with van der Waals surface area (Å²) in [6.07, 6.45) is 0. The molecule has 0 bridgehead atoms. The van der Waals surface area contributed by atoms with Crippen LogP contribution in [0.5, 0.6) is 0 Å². The first-order valence-electron chi connectivity index (χ1n) is 5.46. The first-order chi connectivity index (χ1) is 8.56. The van der Waals surface area contributed by atoms with Crippen molar-refractivity contribution in [1.29, 1.82) is 0 Å². The zero-order chi connectivity index (χ0) is 13.1. The molecule has 1 heterocycles. The van der Waals surface area contributed by atoms with E-state index in [1.165, 1.54) is 0 Å². The Morgan fingerprint density at radius 1 is 1.39 bits per heavy atom. The third kappa shape index (κ3) is 2.95. The first kappa shape index (κ1) is 12.8. The molecule has 0 fully saturated rings. The molecule has 0 saturated heterocycles. The van der Waals surface area contributed by atoms with Crippen LogP contribution in [-0.2, 0) is 0 Å². The Balaban J connectivity index is 2.12. The molecular weight excluding hydrogens is 298 g/mol. The molecule has 0 aliphatic heterocycles. The summed E-state index contributed by atoms with van der Waals surface area (Å²) < 4.78 is 6.15. The van der Waals surface area contributed by atoms with Gasteiger partial charge >= 0.3 is 11.8 Å². The van der Waals surface area contributed by atoms with Crippen molar-refractivity contribution in [2.24, 2.45) is 0 Å². The number of carbonyl (C=O) groups excluding carboxylic acids is 1. The van der Waals surface area contributed by atoms with Gasteiger partial charge in [-0.25, -0.2) is 0 Å². The van der Waals surface area contributed by atoms with Gasteiger partial charge < -0.3 is 9.73 Å². The van der Waals surface area contributed by atoms with Crippen LogP contribution in [0, 0.1) is 0 Å². The average Bonchev–Trinajstić information content (AvgIpc) is 2.78. The summed E-state index contributed by atoms with van der Waals surface area (Å²) in [7, 11) is 0. The van der Waals surface area contributed by atoms with Crippen molar-refractivity contribution in [1.82, 2.24) is 10.2 Å². The molecule has 6 heteroatoms. The highest BCUT2D eigenvalue weighted by Gasteiger charge is 2.16. The summed E-state index contributed by atoms with van der Waals surface area (Å²) in [4.78, 5) is 11.8. The number of amides is 1. The first-order valence-corrected chi connectivity index (χ1v) is 6.26. The lowest BCUT2D eigenvalue weighted by atomic mass is 10.2. The largest absolute Gasteiger partial charge is 0.417 e. The summed E-state index contributed by atoms with van der Waals surface area (Å²) >= 11 is 3.33. The van der Waals surface area contributed by atoms with E-state index >= 15 is 0 Å². The number of aromatic nitrogens is 2. The van der Waals surface area contributed by atoms with Gasteiger partial charge in [-0.15, -0.1) is 10.2 Å². The van der Waals surface area contributed by atoms with Gasteiger partial charge in [-0.3, -0.25) is 4.79 Å². The molecule has 0 spiro atoms. The van der Waals surface area contributed by atoms with E-state index in [2.05, 4.69) is 31.4 Å². The van der Waals surface area contributed by atoms with Gasteiger partial charge in [0.15, 0.2) is 0 Å². The molecule has 0 aliphatic rings. The van der Waals surface area contributed by atoms with Crippen LogP contribution in [-0.4, -0.2) is 16.1 Å². The van der Waals surface area contributed by atoms with E-state index in [1.807, 2.05) is 26.0 Å². The van der Waals surface area contributed by atoms with Crippen LogP contribution in [0.3, 0.4) is 0 Å². The molecule has 18 heavy (non-hydrogen) atoms. The van der Waals surface area contributed by atoms with Gasteiger partial charge in [-0.2, -0.15) is 0 Å². The highest BCUT2D eigenvalue weighted by atomic mass is 79.9. The standard InChI is InChI=1S/C12H12BrN3O2/c1-7(2)11-15-16-12(18-11)10(17)14-9-5-3-4-8(13)6-9/h3-7H,1-2H3,(H,14,17). The van der Waals surface area contributed by atoms with Crippen LogP contribution in [0.2, 0.25) is 0 Å². The summed E-state index contributed by atoms with van der Waals surface area (Å²) in [6, 6.07) is 7.27. The molecule has 5 nitrogen and oxygen atoms in total. The fraction of sp³-hybridized carbons (Fsp3) is 0.250. The number of carbonyl (C=O) groups is 1. The van der Waals surface area contributed by atoms with Crippen LogP contribution in [0.15, 0.2) is 33.2 Å². The Bertz CT molecular complexity index is 566. The number of benzene rings is 1. The average molecular weight is 310 g/mol. The monoisotopic (exact) mass is 309 g/mol. The highest BCUT2D eigenvalue weighted by Crippen LogP contribution is 2.17. The van der Waals surface area contributed by atoms with E-state index in [4.69, 9.17) is 4.42 Å². The van der Waals surface area contributed by atoms with Crippen molar-refractivity contribution in [3.05, 3.63) is 40.5 Å². The molecule has 1 aromatic carbocycles. The van der Waals surface area contributed by atoms with Gasteiger partial charge in [0, 0.05) is 16.1 Å². The number of hydrogen-bond donors (Lipinski definition) is 1. The topological polar surface area (TPSA) is 68.0 Å². The Morgan fingerprint density at radius 3 is 2.78 bits per heavy atom. The SMILES string of the molecule is CC(C)c1nnc(C(=O)Nc2cccc(Br)c2)o1. The zero-order valence-corrected chi connectivity index (χ0v) is 11.6. The van der Waals surface area contributed by atoms with E-state index in [1.54, 1.807) is 12.1 Å². The molecular formula is C12H12BrN3O2. The lowest BCUT2D eigenvalue weighted by Crippen LogP contribution is -2.12. The Hall–Kier alpha value is -1.69. The maximum atomic E-state index is 11.8. The fourth-order valence-electron chi connectivity index (χ4n) is 1.31. The molecule has 1 amide bonds. The lowest BCUT2D eigenvalue weighted by molar-refractivity contribution is 0.0988. The summed E-state index contributed by atoms with van der Waals surface area (Å²) in [5.74, 6) is 0.116. The van der Waals surface area contributed by atoms with Crippen molar-refractivity contribution in [3.63, 3.8) is 0 Å². The van der Waals surface area contributed by atoms with Gasteiger partial charge in [0.25, 0.3) is 0 Å². The maximum absolute atomic E-state index is 11.8. The van der Waals surface area contributed by atoms with Crippen molar-refractivity contribution in [3.8, 4) is 0 Å². The molecule has 0 atom stereocenters. The minimum atomic E-state index is -0.410. The quantitative estimate of drug-likeness (QED) is 0.945. The van der Waals surface area contributed by atoms with E-state index in [9.17, 15) is 4.79 Å². The Morgan fingerprint density at radius 2 is 2.17 bits per heavy atom. The Labute approximate surface area is 113 Å². The molecule has 0 saturated carbocycles. The number of halogens is 1. The number of nitrogens with one attached hydrogen (secondary N) is 1. The smallest absolute Gasteiger partial charge is 0.313 e. The van der Waals surface area contributed by atoms with Crippen LogP contribution in [0.4, 0.5) is 5.69 Å². The number of rotatable bonds is 3. The van der Waals surface area contributed by atoms with E-state index in [0.717, 1.165) is 4.47 Å². The van der Waals surface area contributed by atoms with Crippen molar-refractivity contribution < 1.29 is 9.21 Å². The van der Waals surface area contributed by atoms with E-state index in [0.29, 0.717) is 11.6 Å². The highest BCUT2D eigenvalue weighted by molar-refractivity contribution is 9.10. The molecule has 1 aromatic heterocycles. The second kappa shape index (κ2) is 5.30. The molecule has 0 unspecified atom stereocenters. The third-order valence-corrected chi connectivity index (χ3v) is 2.70. The molecule has 2 aromatic rings. The molecule has 2 rings (SSSR count). The third-order valence-electron chi connectivity index (χ3n) is 2.21. The van der Waals surface area contributed by atoms with Crippen molar-refractivity contribution in [2.45, 2.75) is 19.8 Å². The van der Waals surface area contributed by atoms with Crippen molar-refractivity contribution >= 4 is 27.5 Å². The lowest BCUT2D eigenvalue weighted by Gasteiger charge is -2.02. The number of nitrogens with zero attached hydrogens (tertiary/aromatic N) is 2. The van der Waals surface area contributed by atoms with Gasteiger partial charge in [0.05, 0.1) is 0 Å². The van der Waals surface area contributed by atoms with Gasteiger partial charge in [-0.05, 0) is 18.2 Å². The summed E-state index contributed by atoms with van der Waals surface area (Å²) in [5.41, 5.74) is 0.665. The zero-order valence-electron chi connectivity index (χ0n) is 9.98. The molecule has 94 valence electrons. The summed E-state index contributed by atoms with van der Waals surface area (Å²) in [5, 5.41) is 10.2. The molecule has 1 N–H and O–H groups in total. The predicted octanol–water partition coefficient (Wildman–Crippen LogP) is 3.21.